The summed E-state index contributed by atoms with van der Waals surface area (Å²) in [4.78, 5) is 25.3. The van der Waals surface area contributed by atoms with Crippen molar-refractivity contribution in [3.63, 3.8) is 0 Å². The van der Waals surface area contributed by atoms with Crippen LogP contribution in [0.15, 0.2) is 24.3 Å². The van der Waals surface area contributed by atoms with E-state index in [2.05, 4.69) is 10.2 Å². The molecule has 0 radical (unpaired) electrons. The van der Waals surface area contributed by atoms with Gasteiger partial charge in [-0.05, 0) is 31.4 Å². The maximum absolute atomic E-state index is 12.0. The Hall–Kier alpha value is -1.92. The summed E-state index contributed by atoms with van der Waals surface area (Å²) in [6.45, 7) is 3.74. The van der Waals surface area contributed by atoms with Crippen LogP contribution in [0.4, 0.5) is 0 Å². The van der Waals surface area contributed by atoms with Crippen molar-refractivity contribution in [3.8, 4) is 5.75 Å². The van der Waals surface area contributed by atoms with Gasteiger partial charge in [-0.1, -0.05) is 12.1 Å². The van der Waals surface area contributed by atoms with Gasteiger partial charge in [0, 0.05) is 39.4 Å². The Morgan fingerprint density at radius 2 is 2.08 bits per heavy atom. The molecule has 0 saturated carbocycles. The number of para-hydroxylation sites is 1. The fourth-order valence-electron chi connectivity index (χ4n) is 2.86. The van der Waals surface area contributed by atoms with Gasteiger partial charge in [0.2, 0.25) is 0 Å². The van der Waals surface area contributed by atoms with Crippen LogP contribution < -0.4 is 10.1 Å². The number of nitrogens with one attached hydrogen (secondary N) is 1. The Balaban J connectivity index is 1.67. The van der Waals surface area contributed by atoms with Gasteiger partial charge in [0.05, 0.1) is 5.56 Å². The van der Waals surface area contributed by atoms with Crippen molar-refractivity contribution in [2.45, 2.75) is 25.3 Å². The van der Waals surface area contributed by atoms with Crippen LogP contribution >= 0.6 is 0 Å². The second-order valence-corrected chi connectivity index (χ2v) is 5.97. The van der Waals surface area contributed by atoms with E-state index in [0.29, 0.717) is 11.3 Å². The molecule has 6 nitrogen and oxygen atoms in total. The number of likely N-dealkylation sites (tertiary alicyclic amines) is 1. The number of aldehydes is 1. The minimum Gasteiger partial charge on any atom is -0.483 e. The highest BCUT2D eigenvalue weighted by molar-refractivity contribution is 5.80. The molecule has 0 spiro atoms. The summed E-state index contributed by atoms with van der Waals surface area (Å²) in [6, 6.07) is 7.09. The molecule has 132 valence electrons. The number of ether oxygens (including phenoxy) is 2. The first kappa shape index (κ1) is 18.4. The minimum atomic E-state index is -0.145. The van der Waals surface area contributed by atoms with Crippen molar-refractivity contribution in [1.29, 1.82) is 0 Å². The lowest BCUT2D eigenvalue weighted by Gasteiger charge is -2.32. The Labute approximate surface area is 143 Å². The number of amides is 1. The number of carbonyl (C=O) groups is 2. The molecule has 1 aromatic carbocycles. The first-order valence-electron chi connectivity index (χ1n) is 8.40. The molecular weight excluding hydrogens is 308 g/mol. The highest BCUT2D eigenvalue weighted by Crippen LogP contribution is 2.15. The normalized spacial score (nSPS) is 15.9. The van der Waals surface area contributed by atoms with E-state index in [9.17, 15) is 9.59 Å². The largest absolute Gasteiger partial charge is 0.483 e. The topological polar surface area (TPSA) is 67.9 Å². The summed E-state index contributed by atoms with van der Waals surface area (Å²) < 4.78 is 10.5. The van der Waals surface area contributed by atoms with Crippen LogP contribution in [0, 0.1) is 0 Å². The molecule has 0 unspecified atom stereocenters. The maximum atomic E-state index is 12.0. The van der Waals surface area contributed by atoms with Gasteiger partial charge < -0.3 is 19.7 Å². The van der Waals surface area contributed by atoms with Gasteiger partial charge in [-0.25, -0.2) is 0 Å². The van der Waals surface area contributed by atoms with Crippen LogP contribution in [-0.2, 0) is 9.53 Å². The molecule has 0 bridgehead atoms. The summed E-state index contributed by atoms with van der Waals surface area (Å²) >= 11 is 0. The van der Waals surface area contributed by atoms with Gasteiger partial charge in [-0.2, -0.15) is 0 Å². The quantitative estimate of drug-likeness (QED) is 0.547. The molecule has 1 N–H and O–H groups in total. The van der Waals surface area contributed by atoms with E-state index in [0.717, 1.165) is 51.8 Å². The lowest BCUT2D eigenvalue weighted by molar-refractivity contribution is -0.124. The summed E-state index contributed by atoms with van der Waals surface area (Å²) in [6.07, 6.45) is 3.66. The zero-order valence-electron chi connectivity index (χ0n) is 14.2. The van der Waals surface area contributed by atoms with E-state index in [4.69, 9.17) is 9.47 Å². The van der Waals surface area contributed by atoms with Crippen LogP contribution in [0.1, 0.15) is 29.6 Å². The van der Waals surface area contributed by atoms with Gasteiger partial charge >= 0.3 is 0 Å². The lowest BCUT2D eigenvalue weighted by Crippen LogP contribution is -2.46. The Bertz CT molecular complexity index is 528. The second-order valence-electron chi connectivity index (χ2n) is 5.97. The van der Waals surface area contributed by atoms with E-state index in [-0.39, 0.29) is 18.6 Å². The Kier molecular flexibility index (Phi) is 7.71. The summed E-state index contributed by atoms with van der Waals surface area (Å²) in [5.41, 5.74) is 0.453. The average Bonchev–Trinajstić information content (AvgIpc) is 2.62. The summed E-state index contributed by atoms with van der Waals surface area (Å²) in [5, 5.41) is 3.01. The predicted molar refractivity (Wildman–Crippen MR) is 91.4 cm³/mol. The monoisotopic (exact) mass is 334 g/mol. The third kappa shape index (κ3) is 5.94. The summed E-state index contributed by atoms with van der Waals surface area (Å²) in [5.74, 6) is 0.296. The van der Waals surface area contributed by atoms with Gasteiger partial charge in [0.25, 0.3) is 5.91 Å². The van der Waals surface area contributed by atoms with Crippen molar-refractivity contribution in [3.05, 3.63) is 29.8 Å². The zero-order chi connectivity index (χ0) is 17.2. The number of methoxy groups -OCH3 is 1. The summed E-state index contributed by atoms with van der Waals surface area (Å²) in [7, 11) is 1.72. The number of piperidine rings is 1. The number of carbonyl (C=O) groups excluding carboxylic acids is 2. The maximum Gasteiger partial charge on any atom is 0.258 e. The molecule has 1 heterocycles. The molecule has 2 rings (SSSR count). The van der Waals surface area contributed by atoms with Crippen LogP contribution in [0.5, 0.6) is 5.75 Å². The van der Waals surface area contributed by atoms with Crippen molar-refractivity contribution in [1.82, 2.24) is 10.2 Å². The van der Waals surface area contributed by atoms with Gasteiger partial charge in [-0.15, -0.1) is 0 Å². The van der Waals surface area contributed by atoms with E-state index < -0.39 is 0 Å². The molecule has 1 aromatic rings. The van der Waals surface area contributed by atoms with Gasteiger partial charge in [-0.3, -0.25) is 9.59 Å². The average molecular weight is 334 g/mol. The Morgan fingerprint density at radius 1 is 1.33 bits per heavy atom. The fourth-order valence-corrected chi connectivity index (χ4v) is 2.86. The molecule has 1 saturated heterocycles. The van der Waals surface area contributed by atoms with E-state index in [1.807, 2.05) is 0 Å². The van der Waals surface area contributed by atoms with Gasteiger partial charge in [0.15, 0.2) is 12.9 Å². The molecule has 0 aromatic heterocycles. The molecule has 1 amide bonds. The first-order valence-corrected chi connectivity index (χ1v) is 8.40. The van der Waals surface area contributed by atoms with Crippen LogP contribution in [0.25, 0.3) is 0 Å². The number of nitrogens with zero attached hydrogens (tertiary/aromatic N) is 1. The molecule has 24 heavy (non-hydrogen) atoms. The number of hydrogen-bond donors (Lipinski definition) is 1. The second kappa shape index (κ2) is 10.1. The lowest BCUT2D eigenvalue weighted by atomic mass is 10.0. The van der Waals surface area contributed by atoms with Gasteiger partial charge in [0.1, 0.15) is 5.75 Å². The third-order valence-corrected chi connectivity index (χ3v) is 4.18. The Morgan fingerprint density at radius 3 is 2.79 bits per heavy atom. The molecule has 1 aliphatic rings. The van der Waals surface area contributed by atoms with Crippen LogP contribution in [0.3, 0.4) is 0 Å². The van der Waals surface area contributed by atoms with Crippen molar-refractivity contribution >= 4 is 12.2 Å². The molecule has 6 heteroatoms. The molecule has 0 aliphatic carbocycles. The van der Waals surface area contributed by atoms with Crippen molar-refractivity contribution < 1.29 is 19.1 Å². The minimum absolute atomic E-state index is 0.0705. The third-order valence-electron chi connectivity index (χ3n) is 4.18. The zero-order valence-corrected chi connectivity index (χ0v) is 14.2. The standard InChI is InChI=1S/C18H26N2O4/c1-23-12-4-9-20-10-7-16(8-11-20)19-18(22)14-24-17-6-3-2-5-15(17)13-21/h2-3,5-6,13,16H,4,7-12,14H2,1H3,(H,19,22). The SMILES string of the molecule is COCCCN1CCC(NC(=O)COc2ccccc2C=O)CC1. The van der Waals surface area contributed by atoms with Crippen LogP contribution in [-0.4, -0.2) is 63.1 Å². The number of hydrogen-bond acceptors (Lipinski definition) is 5. The molecule has 1 fully saturated rings. The van der Waals surface area contributed by atoms with Crippen molar-refractivity contribution in [2.24, 2.45) is 0 Å². The van der Waals surface area contributed by atoms with Crippen LogP contribution in [0.2, 0.25) is 0 Å². The molecule has 0 atom stereocenters. The van der Waals surface area contributed by atoms with E-state index >= 15 is 0 Å². The molecule has 1 aliphatic heterocycles. The molecular formula is C18H26N2O4. The highest BCUT2D eigenvalue weighted by Gasteiger charge is 2.20. The number of benzene rings is 1. The first-order chi connectivity index (χ1) is 11.7. The smallest absolute Gasteiger partial charge is 0.258 e. The predicted octanol–water partition coefficient (Wildman–Crippen LogP) is 1.49. The van der Waals surface area contributed by atoms with Crippen molar-refractivity contribution in [2.75, 3.05) is 40.0 Å². The number of rotatable bonds is 9. The highest BCUT2D eigenvalue weighted by atomic mass is 16.5. The van der Waals surface area contributed by atoms with E-state index in [1.165, 1.54) is 0 Å². The fraction of sp³-hybridized carbons (Fsp3) is 0.556. The van der Waals surface area contributed by atoms with E-state index in [1.54, 1.807) is 31.4 Å².